The van der Waals surface area contributed by atoms with E-state index in [1.54, 1.807) is 31.4 Å². The van der Waals surface area contributed by atoms with E-state index in [4.69, 9.17) is 4.74 Å². The Kier molecular flexibility index (Phi) is 5.34. The molecule has 31 heavy (non-hydrogen) atoms. The first-order chi connectivity index (χ1) is 14.9. The van der Waals surface area contributed by atoms with Crippen LogP contribution in [0.5, 0.6) is 5.75 Å². The molecule has 1 aliphatic heterocycles. The Morgan fingerprint density at radius 2 is 1.45 bits per heavy atom. The van der Waals surface area contributed by atoms with Crippen LogP contribution in [0, 0.1) is 20.8 Å². The Morgan fingerprint density at radius 3 is 2.06 bits per heavy atom. The molecular weight excluding hydrogens is 388 g/mol. The maximum absolute atomic E-state index is 13.5. The Hall–Kier alpha value is -3.86. The summed E-state index contributed by atoms with van der Waals surface area (Å²) >= 11 is 0. The summed E-state index contributed by atoms with van der Waals surface area (Å²) in [7, 11) is 1.60. The van der Waals surface area contributed by atoms with Gasteiger partial charge in [-0.05, 0) is 73.9 Å². The van der Waals surface area contributed by atoms with Crippen LogP contribution in [0.2, 0.25) is 0 Å². The third kappa shape index (κ3) is 3.82. The van der Waals surface area contributed by atoms with Gasteiger partial charge in [0.05, 0.1) is 18.4 Å². The molecule has 0 bridgehead atoms. The van der Waals surface area contributed by atoms with Crippen LogP contribution in [0.1, 0.15) is 22.3 Å². The molecule has 0 atom stereocenters. The lowest BCUT2D eigenvalue weighted by Crippen LogP contribution is -2.32. The van der Waals surface area contributed by atoms with Crippen molar-refractivity contribution in [1.82, 2.24) is 0 Å². The van der Waals surface area contributed by atoms with Crippen LogP contribution in [0.4, 0.5) is 11.4 Å². The normalized spacial score (nSPS) is 13.7. The fraction of sp³-hybridized carbons (Fsp3) is 0.154. The summed E-state index contributed by atoms with van der Waals surface area (Å²) in [6.45, 7) is 5.98. The van der Waals surface area contributed by atoms with Crippen molar-refractivity contribution in [3.63, 3.8) is 0 Å². The molecule has 5 heteroatoms. The van der Waals surface area contributed by atoms with Gasteiger partial charge < -0.3 is 10.1 Å². The smallest absolute Gasteiger partial charge is 0.282 e. The Labute approximate surface area is 182 Å². The standard InChI is InChI=1S/C26H24N2O3/c1-16-5-11-21(12-6-16)28-25(29)23(19-8-7-17(2)18(3)15-19)24(26(28)30)27-20-9-13-22(31-4)14-10-20/h5-15,27H,1-4H3. The van der Waals surface area contributed by atoms with E-state index < -0.39 is 0 Å². The zero-order valence-corrected chi connectivity index (χ0v) is 18.0. The lowest BCUT2D eigenvalue weighted by molar-refractivity contribution is -0.120. The highest BCUT2D eigenvalue weighted by Crippen LogP contribution is 2.34. The van der Waals surface area contributed by atoms with Crippen molar-refractivity contribution in [2.45, 2.75) is 20.8 Å². The molecule has 1 N–H and O–H groups in total. The average Bonchev–Trinajstić information content (AvgIpc) is 3.01. The van der Waals surface area contributed by atoms with Crippen LogP contribution in [0.3, 0.4) is 0 Å². The van der Waals surface area contributed by atoms with Gasteiger partial charge in [-0.25, -0.2) is 4.90 Å². The van der Waals surface area contributed by atoms with Gasteiger partial charge in [-0.15, -0.1) is 0 Å². The van der Waals surface area contributed by atoms with E-state index in [0.29, 0.717) is 28.3 Å². The Balaban J connectivity index is 1.81. The predicted octanol–water partition coefficient (Wildman–Crippen LogP) is 5.02. The molecule has 0 aromatic heterocycles. The first kappa shape index (κ1) is 20.4. The summed E-state index contributed by atoms with van der Waals surface area (Å²) in [4.78, 5) is 28.1. The molecular formula is C26H24N2O3. The van der Waals surface area contributed by atoms with Crippen LogP contribution in [0.15, 0.2) is 72.4 Å². The maximum atomic E-state index is 13.5. The molecule has 5 nitrogen and oxygen atoms in total. The molecule has 1 heterocycles. The summed E-state index contributed by atoms with van der Waals surface area (Å²) in [6, 6.07) is 20.4. The fourth-order valence-corrected chi connectivity index (χ4v) is 3.56. The number of benzene rings is 3. The van der Waals surface area contributed by atoms with Gasteiger partial charge >= 0.3 is 0 Å². The number of amides is 2. The number of ether oxygens (including phenoxy) is 1. The summed E-state index contributed by atoms with van der Waals surface area (Å²) < 4.78 is 5.21. The van der Waals surface area contributed by atoms with Crippen molar-refractivity contribution in [2.75, 3.05) is 17.3 Å². The first-order valence-electron chi connectivity index (χ1n) is 10.1. The highest BCUT2D eigenvalue weighted by molar-refractivity contribution is 6.46. The lowest BCUT2D eigenvalue weighted by Gasteiger charge is -2.15. The van der Waals surface area contributed by atoms with E-state index in [1.807, 2.05) is 63.2 Å². The Bertz CT molecular complexity index is 1190. The van der Waals surface area contributed by atoms with E-state index in [2.05, 4.69) is 5.32 Å². The second kappa shape index (κ2) is 8.11. The number of carbonyl (C=O) groups is 2. The van der Waals surface area contributed by atoms with Gasteiger partial charge in [0.1, 0.15) is 11.4 Å². The summed E-state index contributed by atoms with van der Waals surface area (Å²) in [6.07, 6.45) is 0. The van der Waals surface area contributed by atoms with Crippen LogP contribution >= 0.6 is 0 Å². The number of anilines is 2. The van der Waals surface area contributed by atoms with E-state index in [1.165, 1.54) is 4.90 Å². The molecule has 3 aromatic carbocycles. The molecule has 0 radical (unpaired) electrons. The highest BCUT2D eigenvalue weighted by Gasteiger charge is 2.40. The molecule has 3 aromatic rings. The minimum atomic E-state index is -0.377. The SMILES string of the molecule is COc1ccc(NC2=C(c3ccc(C)c(C)c3)C(=O)N(c3ccc(C)cc3)C2=O)cc1. The molecule has 1 aliphatic rings. The minimum absolute atomic E-state index is 0.263. The van der Waals surface area contributed by atoms with Crippen molar-refractivity contribution >= 4 is 28.8 Å². The predicted molar refractivity (Wildman–Crippen MR) is 123 cm³/mol. The summed E-state index contributed by atoms with van der Waals surface area (Å²) in [5, 5.41) is 3.18. The number of hydrogen-bond acceptors (Lipinski definition) is 4. The van der Waals surface area contributed by atoms with Gasteiger partial charge in [-0.3, -0.25) is 9.59 Å². The second-order valence-electron chi connectivity index (χ2n) is 7.68. The average molecular weight is 412 g/mol. The van der Waals surface area contributed by atoms with Gasteiger partial charge in [0.2, 0.25) is 0 Å². The van der Waals surface area contributed by atoms with Crippen molar-refractivity contribution in [1.29, 1.82) is 0 Å². The highest BCUT2D eigenvalue weighted by atomic mass is 16.5. The largest absolute Gasteiger partial charge is 0.497 e. The summed E-state index contributed by atoms with van der Waals surface area (Å²) in [5.74, 6) is -0.00460. The number of rotatable bonds is 5. The van der Waals surface area contributed by atoms with Gasteiger partial charge in [-0.1, -0.05) is 35.9 Å². The van der Waals surface area contributed by atoms with Crippen LogP contribution < -0.4 is 15.0 Å². The number of hydrogen-bond donors (Lipinski definition) is 1. The van der Waals surface area contributed by atoms with E-state index >= 15 is 0 Å². The minimum Gasteiger partial charge on any atom is -0.497 e. The molecule has 0 unspecified atom stereocenters. The van der Waals surface area contributed by atoms with Gasteiger partial charge in [0.15, 0.2) is 0 Å². The monoisotopic (exact) mass is 412 g/mol. The van der Waals surface area contributed by atoms with E-state index in [-0.39, 0.29) is 17.5 Å². The zero-order valence-electron chi connectivity index (χ0n) is 18.0. The van der Waals surface area contributed by atoms with Crippen molar-refractivity contribution in [3.8, 4) is 5.75 Å². The Morgan fingerprint density at radius 1 is 0.774 bits per heavy atom. The van der Waals surface area contributed by atoms with Gasteiger partial charge in [-0.2, -0.15) is 0 Å². The van der Waals surface area contributed by atoms with E-state index in [0.717, 1.165) is 16.7 Å². The number of nitrogens with zero attached hydrogens (tertiary/aromatic N) is 1. The third-order valence-corrected chi connectivity index (χ3v) is 5.53. The van der Waals surface area contributed by atoms with E-state index in [9.17, 15) is 9.59 Å². The molecule has 156 valence electrons. The van der Waals surface area contributed by atoms with Crippen LogP contribution in [0.25, 0.3) is 5.57 Å². The van der Waals surface area contributed by atoms with Gasteiger partial charge in [0, 0.05) is 5.69 Å². The lowest BCUT2D eigenvalue weighted by atomic mass is 9.99. The molecule has 0 saturated carbocycles. The fourth-order valence-electron chi connectivity index (χ4n) is 3.56. The molecule has 2 amide bonds. The number of aryl methyl sites for hydroxylation is 3. The third-order valence-electron chi connectivity index (χ3n) is 5.53. The molecule has 4 rings (SSSR count). The van der Waals surface area contributed by atoms with Crippen LogP contribution in [-0.4, -0.2) is 18.9 Å². The molecule has 0 saturated heterocycles. The van der Waals surface area contributed by atoms with Crippen LogP contribution in [-0.2, 0) is 9.59 Å². The van der Waals surface area contributed by atoms with Crippen molar-refractivity contribution in [2.24, 2.45) is 0 Å². The van der Waals surface area contributed by atoms with Gasteiger partial charge in [0.25, 0.3) is 11.8 Å². The number of methoxy groups -OCH3 is 1. The second-order valence-corrected chi connectivity index (χ2v) is 7.68. The number of imide groups is 1. The molecule has 0 fully saturated rings. The number of nitrogens with one attached hydrogen (secondary N) is 1. The molecule has 0 aliphatic carbocycles. The number of carbonyl (C=O) groups excluding carboxylic acids is 2. The van der Waals surface area contributed by atoms with Crippen molar-refractivity contribution in [3.05, 3.63) is 94.7 Å². The zero-order chi connectivity index (χ0) is 22.1. The summed E-state index contributed by atoms with van der Waals surface area (Å²) in [5.41, 5.74) is 5.83. The quantitative estimate of drug-likeness (QED) is 0.598. The first-order valence-corrected chi connectivity index (χ1v) is 10.1. The van der Waals surface area contributed by atoms with Crippen molar-refractivity contribution < 1.29 is 14.3 Å². The molecule has 0 spiro atoms. The topological polar surface area (TPSA) is 58.6 Å². The maximum Gasteiger partial charge on any atom is 0.282 e.